The van der Waals surface area contributed by atoms with Crippen LogP contribution in [0.5, 0.6) is 5.75 Å². The Hall–Kier alpha value is -2.23. The van der Waals surface area contributed by atoms with E-state index < -0.39 is 0 Å². The van der Waals surface area contributed by atoms with Gasteiger partial charge in [-0.3, -0.25) is 0 Å². The van der Waals surface area contributed by atoms with Crippen LogP contribution >= 0.6 is 11.6 Å². The van der Waals surface area contributed by atoms with Gasteiger partial charge in [0.2, 0.25) is 5.76 Å². The fourth-order valence-corrected chi connectivity index (χ4v) is 2.90. The lowest BCUT2D eigenvalue weighted by atomic mass is 9.95. The zero-order valence-corrected chi connectivity index (χ0v) is 14.9. The molecule has 1 aromatic carbocycles. The van der Waals surface area contributed by atoms with Gasteiger partial charge in [-0.1, -0.05) is 23.7 Å². The molecule has 0 spiro atoms. The maximum atomic E-state index is 9.26. The van der Waals surface area contributed by atoms with Gasteiger partial charge < -0.3 is 19.7 Å². The molecule has 0 bridgehead atoms. The monoisotopic (exact) mass is 348 g/mol. The van der Waals surface area contributed by atoms with Crippen LogP contribution in [0.3, 0.4) is 0 Å². The summed E-state index contributed by atoms with van der Waals surface area (Å²) in [6.07, 6.45) is 0.318. The van der Waals surface area contributed by atoms with Crippen LogP contribution in [-0.2, 0) is 9.47 Å². The second-order valence-corrected chi connectivity index (χ2v) is 5.37. The molecule has 1 aromatic rings. The van der Waals surface area contributed by atoms with Crippen molar-refractivity contribution in [1.29, 1.82) is 0 Å². The van der Waals surface area contributed by atoms with E-state index >= 15 is 0 Å². The molecule has 0 radical (unpaired) electrons. The van der Waals surface area contributed by atoms with Crippen LogP contribution < -0.4 is 4.74 Å². The van der Waals surface area contributed by atoms with Crippen molar-refractivity contribution in [3.8, 4) is 5.75 Å². The summed E-state index contributed by atoms with van der Waals surface area (Å²) in [6.45, 7) is 7.21. The van der Waals surface area contributed by atoms with E-state index in [0.29, 0.717) is 48.5 Å². The third-order valence-electron chi connectivity index (χ3n) is 3.47. The molecule has 0 unspecified atom stereocenters. The highest BCUT2D eigenvalue weighted by atomic mass is 35.5. The van der Waals surface area contributed by atoms with E-state index in [0.717, 1.165) is 16.9 Å². The van der Waals surface area contributed by atoms with E-state index in [1.54, 1.807) is 0 Å². The minimum atomic E-state index is 0.318. The molecular formula is C18H21ClN2O3. The maximum absolute atomic E-state index is 9.26. The molecule has 0 saturated carbocycles. The van der Waals surface area contributed by atoms with Gasteiger partial charge in [-0.15, -0.1) is 0 Å². The molecule has 0 heterocycles. The number of allylic oxidation sites excluding steroid dienone is 4. The Bertz CT molecular complexity index is 701. The second-order valence-electron chi connectivity index (χ2n) is 4.99. The van der Waals surface area contributed by atoms with Crippen molar-refractivity contribution in [1.82, 2.24) is 0 Å². The molecule has 0 atom stereocenters. The lowest BCUT2D eigenvalue weighted by molar-refractivity contribution is -0.0133. The summed E-state index contributed by atoms with van der Waals surface area (Å²) in [5.41, 5.74) is 11.3. The molecule has 0 fully saturated rings. The standard InChI is InChI=1S/C18H21ClN2O3/c1-4-22-13-9-7-12(8-10-13)16-15(23-5-2)11-14(21-20)18(17(16)19)24-6-3/h7-10H,4-6,11H2,1-3H3. The topological polar surface area (TPSA) is 64.1 Å². The van der Waals surface area contributed by atoms with Crippen molar-refractivity contribution in [3.05, 3.63) is 51.9 Å². The number of rotatable bonds is 7. The summed E-state index contributed by atoms with van der Waals surface area (Å²) in [5.74, 6) is 1.83. The van der Waals surface area contributed by atoms with E-state index in [1.165, 1.54) is 0 Å². The fraction of sp³-hybridized carbons (Fsp3) is 0.389. The lowest BCUT2D eigenvalue weighted by Gasteiger charge is -2.21. The summed E-state index contributed by atoms with van der Waals surface area (Å²) in [5, 5.41) is 0.378. The Kier molecular flexibility index (Phi) is 6.47. The molecular weight excluding hydrogens is 328 g/mol. The number of nitrogens with zero attached hydrogens (tertiary/aromatic N) is 2. The first-order valence-corrected chi connectivity index (χ1v) is 8.37. The zero-order chi connectivity index (χ0) is 17.5. The van der Waals surface area contributed by atoms with E-state index in [1.807, 2.05) is 45.0 Å². The quantitative estimate of drug-likeness (QED) is 0.542. The summed E-state index contributed by atoms with van der Waals surface area (Å²) in [6, 6.07) is 7.61. The van der Waals surface area contributed by atoms with Crippen molar-refractivity contribution in [3.63, 3.8) is 0 Å². The van der Waals surface area contributed by atoms with Crippen molar-refractivity contribution in [2.24, 2.45) is 0 Å². The summed E-state index contributed by atoms with van der Waals surface area (Å²) in [4.78, 5) is 3.31. The predicted molar refractivity (Wildman–Crippen MR) is 93.9 cm³/mol. The smallest absolute Gasteiger partial charge is 0.342 e. The van der Waals surface area contributed by atoms with Gasteiger partial charge in [-0.2, -0.15) is 4.79 Å². The van der Waals surface area contributed by atoms with Crippen LogP contribution in [0.25, 0.3) is 11.1 Å². The lowest BCUT2D eigenvalue weighted by Crippen LogP contribution is -2.18. The summed E-state index contributed by atoms with van der Waals surface area (Å²) in [7, 11) is 0. The summed E-state index contributed by atoms with van der Waals surface area (Å²) >= 11 is 6.56. The van der Waals surface area contributed by atoms with Crippen molar-refractivity contribution >= 4 is 22.9 Å². The first-order chi connectivity index (χ1) is 11.7. The second kappa shape index (κ2) is 8.57. The molecule has 0 saturated heterocycles. The van der Waals surface area contributed by atoms with Gasteiger partial charge in [0.15, 0.2) is 0 Å². The molecule has 0 N–H and O–H groups in total. The van der Waals surface area contributed by atoms with E-state index in [4.69, 9.17) is 25.8 Å². The van der Waals surface area contributed by atoms with E-state index in [2.05, 4.69) is 4.79 Å². The normalized spacial score (nSPS) is 14.6. The van der Waals surface area contributed by atoms with E-state index in [-0.39, 0.29) is 0 Å². The molecule has 0 amide bonds. The molecule has 0 aromatic heterocycles. The Morgan fingerprint density at radius 3 is 2.17 bits per heavy atom. The van der Waals surface area contributed by atoms with Crippen molar-refractivity contribution < 1.29 is 19.0 Å². The van der Waals surface area contributed by atoms with Gasteiger partial charge in [-0.05, 0) is 38.5 Å². The Morgan fingerprint density at radius 2 is 1.62 bits per heavy atom. The number of ether oxygens (including phenoxy) is 3. The SMILES string of the molecule is CCOC1=C(c2ccc(OCC)cc2)C(Cl)=C(OCC)C(=[N+]=[N-])C1. The first kappa shape index (κ1) is 18.1. The van der Waals surface area contributed by atoms with Gasteiger partial charge >= 0.3 is 5.71 Å². The highest BCUT2D eigenvalue weighted by Gasteiger charge is 2.34. The average molecular weight is 349 g/mol. The highest BCUT2D eigenvalue weighted by Crippen LogP contribution is 2.39. The Labute approximate surface area is 147 Å². The molecule has 1 aliphatic carbocycles. The van der Waals surface area contributed by atoms with Crippen LogP contribution in [0.4, 0.5) is 0 Å². The van der Waals surface area contributed by atoms with Crippen LogP contribution in [0.2, 0.25) is 0 Å². The minimum Gasteiger partial charge on any atom is -0.497 e. The van der Waals surface area contributed by atoms with Gasteiger partial charge in [0.25, 0.3) is 0 Å². The van der Waals surface area contributed by atoms with Crippen LogP contribution in [0, 0.1) is 0 Å². The van der Waals surface area contributed by atoms with Crippen molar-refractivity contribution in [2.75, 3.05) is 19.8 Å². The molecule has 24 heavy (non-hydrogen) atoms. The third-order valence-corrected chi connectivity index (χ3v) is 3.83. The largest absolute Gasteiger partial charge is 0.497 e. The maximum Gasteiger partial charge on any atom is 0.342 e. The number of halogens is 1. The van der Waals surface area contributed by atoms with Gasteiger partial charge in [0, 0.05) is 5.57 Å². The van der Waals surface area contributed by atoms with Crippen molar-refractivity contribution in [2.45, 2.75) is 27.2 Å². The van der Waals surface area contributed by atoms with Gasteiger partial charge in [-0.25, -0.2) is 0 Å². The van der Waals surface area contributed by atoms with Crippen LogP contribution in [0.1, 0.15) is 32.8 Å². The predicted octanol–water partition coefficient (Wildman–Crippen LogP) is 4.39. The molecule has 6 heteroatoms. The van der Waals surface area contributed by atoms with Crippen LogP contribution in [-0.4, -0.2) is 30.3 Å². The molecule has 5 nitrogen and oxygen atoms in total. The molecule has 0 aliphatic heterocycles. The van der Waals surface area contributed by atoms with Crippen LogP contribution in [0.15, 0.2) is 40.8 Å². The molecule has 128 valence electrons. The fourth-order valence-electron chi connectivity index (χ4n) is 2.52. The Morgan fingerprint density at radius 1 is 1.00 bits per heavy atom. The third kappa shape index (κ3) is 3.81. The van der Waals surface area contributed by atoms with E-state index in [9.17, 15) is 5.53 Å². The number of hydrogen-bond donors (Lipinski definition) is 0. The highest BCUT2D eigenvalue weighted by molar-refractivity contribution is 6.40. The number of hydrogen-bond acceptors (Lipinski definition) is 3. The van der Waals surface area contributed by atoms with Gasteiger partial charge in [0.05, 0.1) is 19.8 Å². The Balaban J connectivity index is 2.54. The van der Waals surface area contributed by atoms with Gasteiger partial charge in [0.1, 0.15) is 23.0 Å². The average Bonchev–Trinajstić information content (AvgIpc) is 2.59. The molecule has 2 rings (SSSR count). The first-order valence-electron chi connectivity index (χ1n) is 7.99. The summed E-state index contributed by atoms with van der Waals surface area (Å²) < 4.78 is 16.8. The number of benzene rings is 1. The minimum absolute atomic E-state index is 0.318. The molecule has 1 aliphatic rings. The zero-order valence-electron chi connectivity index (χ0n) is 14.1.